The van der Waals surface area contributed by atoms with Crippen LogP contribution < -0.4 is 4.98 Å². The van der Waals surface area contributed by atoms with Crippen molar-refractivity contribution in [3.05, 3.63) is 0 Å². The first-order chi connectivity index (χ1) is 4.93. The highest BCUT2D eigenvalue weighted by atomic mass is 28.3. The van der Waals surface area contributed by atoms with E-state index in [4.69, 9.17) is 4.12 Å². The van der Waals surface area contributed by atoms with Crippen LogP contribution in [0, 0.1) is 0 Å². The van der Waals surface area contributed by atoms with Gasteiger partial charge in [0.05, 0.1) is 0 Å². The van der Waals surface area contributed by atoms with E-state index in [1.807, 2.05) is 0 Å². The molecule has 1 saturated carbocycles. The van der Waals surface area contributed by atoms with Crippen LogP contribution in [0.2, 0.25) is 0 Å². The fourth-order valence-corrected chi connectivity index (χ4v) is 2.82. The van der Waals surface area contributed by atoms with Gasteiger partial charge >= 0.3 is 0 Å². The SMILES string of the molecule is [SiH3]O[SiH2]NC1CCCCC1. The molecule has 0 unspecified atom stereocenters. The Bertz CT molecular complexity index is 85.8. The number of hydrogen-bond donors (Lipinski definition) is 1. The van der Waals surface area contributed by atoms with Gasteiger partial charge in [-0.2, -0.15) is 0 Å². The molecule has 0 heterocycles. The lowest BCUT2D eigenvalue weighted by Crippen LogP contribution is -2.34. The van der Waals surface area contributed by atoms with Gasteiger partial charge in [0.25, 0.3) is 0 Å². The van der Waals surface area contributed by atoms with Crippen molar-refractivity contribution in [3.63, 3.8) is 0 Å². The minimum Gasteiger partial charge on any atom is -0.457 e. The smallest absolute Gasteiger partial charge is 0.224 e. The van der Waals surface area contributed by atoms with E-state index in [1.54, 1.807) is 0 Å². The molecule has 1 aliphatic rings. The van der Waals surface area contributed by atoms with Crippen molar-refractivity contribution >= 4 is 20.4 Å². The van der Waals surface area contributed by atoms with Gasteiger partial charge < -0.3 is 9.10 Å². The highest BCUT2D eigenvalue weighted by molar-refractivity contribution is 6.31. The fourth-order valence-electron chi connectivity index (χ4n) is 1.51. The van der Waals surface area contributed by atoms with Crippen LogP contribution in [0.25, 0.3) is 0 Å². The molecule has 0 bridgehead atoms. The van der Waals surface area contributed by atoms with Gasteiger partial charge in [-0.3, -0.25) is 0 Å². The third-order valence-electron chi connectivity index (χ3n) is 2.12. The van der Waals surface area contributed by atoms with Gasteiger partial charge in [-0.15, -0.1) is 0 Å². The van der Waals surface area contributed by atoms with E-state index >= 15 is 0 Å². The molecule has 0 radical (unpaired) electrons. The van der Waals surface area contributed by atoms with E-state index in [0.29, 0.717) is 0 Å². The second-order valence-corrected chi connectivity index (χ2v) is 5.98. The first kappa shape index (κ1) is 8.45. The quantitative estimate of drug-likeness (QED) is 0.567. The molecule has 1 fully saturated rings. The average Bonchev–Trinajstić information content (AvgIpc) is 2.03. The summed E-state index contributed by atoms with van der Waals surface area (Å²) in [5.41, 5.74) is 0. The van der Waals surface area contributed by atoms with Gasteiger partial charge in [0.2, 0.25) is 9.92 Å². The van der Waals surface area contributed by atoms with Crippen molar-refractivity contribution in [2.24, 2.45) is 0 Å². The third-order valence-corrected chi connectivity index (χ3v) is 4.02. The molecule has 1 aliphatic carbocycles. The fraction of sp³-hybridized carbons (Fsp3) is 1.00. The molecule has 0 amide bonds. The van der Waals surface area contributed by atoms with Gasteiger partial charge in [0.15, 0.2) is 0 Å². The maximum atomic E-state index is 5.21. The Balaban J connectivity index is 2.02. The third kappa shape index (κ3) is 2.96. The van der Waals surface area contributed by atoms with Crippen LogP contribution in [0.3, 0.4) is 0 Å². The summed E-state index contributed by atoms with van der Waals surface area (Å²) in [5.74, 6) is 0. The van der Waals surface area contributed by atoms with Crippen LogP contribution in [0.5, 0.6) is 0 Å². The molecule has 1 rings (SSSR count). The lowest BCUT2D eigenvalue weighted by Gasteiger charge is -2.22. The molecule has 0 aromatic rings. The predicted molar refractivity (Wildman–Crippen MR) is 49.6 cm³/mol. The van der Waals surface area contributed by atoms with Crippen LogP contribution in [0.1, 0.15) is 32.1 Å². The zero-order valence-corrected chi connectivity index (χ0v) is 10.1. The van der Waals surface area contributed by atoms with Crippen LogP contribution in [-0.4, -0.2) is 26.5 Å². The minimum atomic E-state index is -0.311. The van der Waals surface area contributed by atoms with Crippen molar-refractivity contribution in [1.82, 2.24) is 4.98 Å². The molecule has 0 aromatic carbocycles. The maximum Gasteiger partial charge on any atom is 0.224 e. The molecule has 0 aromatic heterocycles. The summed E-state index contributed by atoms with van der Waals surface area (Å²) in [6.07, 6.45) is 7.07. The molecule has 0 aliphatic heterocycles. The normalized spacial score (nSPS) is 22.8. The standard InChI is InChI=1S/C6H17NOSi2/c9-8-10-7-6-4-2-1-3-5-6/h6-7H,1-5,10H2,9H3. The van der Waals surface area contributed by atoms with Gasteiger partial charge in [0.1, 0.15) is 10.5 Å². The summed E-state index contributed by atoms with van der Waals surface area (Å²) in [6.45, 7) is 0. The second kappa shape index (κ2) is 5.06. The van der Waals surface area contributed by atoms with Crippen LogP contribution in [0.4, 0.5) is 0 Å². The maximum absolute atomic E-state index is 5.21. The Morgan fingerprint density at radius 1 is 1.30 bits per heavy atom. The Hall–Kier alpha value is 0.354. The van der Waals surface area contributed by atoms with Crippen molar-refractivity contribution in [2.45, 2.75) is 38.1 Å². The zero-order chi connectivity index (χ0) is 7.23. The van der Waals surface area contributed by atoms with E-state index in [9.17, 15) is 0 Å². The van der Waals surface area contributed by atoms with E-state index in [-0.39, 0.29) is 9.92 Å². The van der Waals surface area contributed by atoms with Gasteiger partial charge in [-0.1, -0.05) is 19.3 Å². The van der Waals surface area contributed by atoms with Gasteiger partial charge in [0, 0.05) is 6.04 Å². The summed E-state index contributed by atoms with van der Waals surface area (Å²) in [4.78, 5) is 3.52. The molecule has 0 saturated heterocycles. The summed E-state index contributed by atoms with van der Waals surface area (Å²) in [7, 11) is 0.607. The molecule has 2 nitrogen and oxygen atoms in total. The summed E-state index contributed by atoms with van der Waals surface area (Å²) in [5, 5.41) is 0. The van der Waals surface area contributed by atoms with Crippen molar-refractivity contribution in [3.8, 4) is 0 Å². The lowest BCUT2D eigenvalue weighted by molar-refractivity contribution is 0.409. The average molecular weight is 175 g/mol. The molecule has 0 spiro atoms. The van der Waals surface area contributed by atoms with E-state index < -0.39 is 0 Å². The largest absolute Gasteiger partial charge is 0.457 e. The van der Waals surface area contributed by atoms with E-state index in [2.05, 4.69) is 4.98 Å². The Morgan fingerprint density at radius 2 is 2.00 bits per heavy atom. The molecule has 0 atom stereocenters. The Labute approximate surface area is 68.3 Å². The monoisotopic (exact) mass is 175 g/mol. The Kier molecular flexibility index (Phi) is 4.28. The van der Waals surface area contributed by atoms with Crippen LogP contribution >= 0.6 is 0 Å². The summed E-state index contributed by atoms with van der Waals surface area (Å²) in [6, 6.07) is 0.814. The first-order valence-corrected chi connectivity index (χ1v) is 6.26. The topological polar surface area (TPSA) is 21.3 Å². The lowest BCUT2D eigenvalue weighted by atomic mass is 9.96. The van der Waals surface area contributed by atoms with Crippen molar-refractivity contribution in [1.29, 1.82) is 0 Å². The van der Waals surface area contributed by atoms with E-state index in [1.165, 1.54) is 32.1 Å². The van der Waals surface area contributed by atoms with E-state index in [0.717, 1.165) is 16.5 Å². The summed E-state index contributed by atoms with van der Waals surface area (Å²) < 4.78 is 5.21. The number of rotatable bonds is 3. The first-order valence-electron chi connectivity index (χ1n) is 4.16. The molecular weight excluding hydrogens is 158 g/mol. The molecule has 60 valence electrons. The molecule has 1 N–H and O–H groups in total. The predicted octanol–water partition coefficient (Wildman–Crippen LogP) is -0.796. The molecule has 4 heteroatoms. The number of nitrogens with one attached hydrogen (secondary N) is 1. The number of hydrogen-bond acceptors (Lipinski definition) is 2. The van der Waals surface area contributed by atoms with Crippen LogP contribution in [0.15, 0.2) is 0 Å². The molecule has 10 heavy (non-hydrogen) atoms. The highest BCUT2D eigenvalue weighted by Crippen LogP contribution is 2.16. The summed E-state index contributed by atoms with van der Waals surface area (Å²) >= 11 is 0. The zero-order valence-electron chi connectivity index (χ0n) is 6.73. The molecular formula is C6H17NOSi2. The van der Waals surface area contributed by atoms with Crippen molar-refractivity contribution < 1.29 is 4.12 Å². The van der Waals surface area contributed by atoms with Crippen LogP contribution in [-0.2, 0) is 4.12 Å². The van der Waals surface area contributed by atoms with Gasteiger partial charge in [-0.25, -0.2) is 0 Å². The van der Waals surface area contributed by atoms with Gasteiger partial charge in [-0.05, 0) is 12.8 Å². The Morgan fingerprint density at radius 3 is 2.60 bits per heavy atom. The highest BCUT2D eigenvalue weighted by Gasteiger charge is 2.11. The second-order valence-electron chi connectivity index (χ2n) is 2.97. The minimum absolute atomic E-state index is 0.311. The van der Waals surface area contributed by atoms with Crippen molar-refractivity contribution in [2.75, 3.05) is 0 Å².